The normalized spacial score (nSPS) is 10.0. The van der Waals surface area contributed by atoms with Gasteiger partial charge < -0.3 is 4.90 Å². The summed E-state index contributed by atoms with van der Waals surface area (Å²) >= 11 is 1.39. The van der Waals surface area contributed by atoms with Gasteiger partial charge in [-0.15, -0.1) is 11.3 Å². The number of nitrogens with zero attached hydrogens (tertiary/aromatic N) is 3. The molecule has 0 saturated heterocycles. The van der Waals surface area contributed by atoms with Gasteiger partial charge in [0.05, 0.1) is 5.69 Å². The molecule has 0 atom stereocenters. The number of thiazole rings is 1. The van der Waals surface area contributed by atoms with Crippen molar-refractivity contribution in [1.29, 1.82) is 0 Å². The largest absolute Gasteiger partial charge is 0.331 e. The molecule has 2 amide bonds. The molecule has 0 aliphatic heterocycles. The SMILES string of the molecule is CN(C)C(=O)Nc1nc(-c2cccnc2)cs1. The van der Waals surface area contributed by atoms with Crippen LogP contribution in [0.1, 0.15) is 0 Å². The quantitative estimate of drug-likeness (QED) is 0.887. The van der Waals surface area contributed by atoms with Gasteiger partial charge in [0.2, 0.25) is 0 Å². The topological polar surface area (TPSA) is 58.1 Å². The molecule has 0 bridgehead atoms. The van der Waals surface area contributed by atoms with Gasteiger partial charge in [0.15, 0.2) is 5.13 Å². The number of carbonyl (C=O) groups is 1. The summed E-state index contributed by atoms with van der Waals surface area (Å²) in [6.45, 7) is 0. The van der Waals surface area contributed by atoms with Gasteiger partial charge in [-0.2, -0.15) is 0 Å². The zero-order valence-corrected chi connectivity index (χ0v) is 10.4. The van der Waals surface area contributed by atoms with Crippen molar-refractivity contribution in [3.05, 3.63) is 29.9 Å². The predicted molar refractivity (Wildman–Crippen MR) is 68.1 cm³/mol. The number of urea groups is 1. The Balaban J connectivity index is 2.14. The monoisotopic (exact) mass is 248 g/mol. The van der Waals surface area contributed by atoms with Crippen LogP contribution in [0.15, 0.2) is 29.9 Å². The highest BCUT2D eigenvalue weighted by atomic mass is 32.1. The van der Waals surface area contributed by atoms with E-state index in [9.17, 15) is 4.79 Å². The van der Waals surface area contributed by atoms with Crippen LogP contribution in [0.4, 0.5) is 9.93 Å². The number of carbonyl (C=O) groups excluding carboxylic acids is 1. The second kappa shape index (κ2) is 4.92. The van der Waals surface area contributed by atoms with Crippen molar-refractivity contribution in [2.45, 2.75) is 0 Å². The minimum atomic E-state index is -0.183. The Morgan fingerprint density at radius 3 is 2.94 bits per heavy atom. The Labute approximate surface area is 103 Å². The lowest BCUT2D eigenvalue weighted by molar-refractivity contribution is 0.230. The van der Waals surface area contributed by atoms with Gasteiger partial charge in [-0.1, -0.05) is 0 Å². The first-order chi connectivity index (χ1) is 8.16. The average Bonchev–Trinajstić information content (AvgIpc) is 2.78. The molecule has 1 N–H and O–H groups in total. The molecule has 5 nitrogen and oxygen atoms in total. The van der Waals surface area contributed by atoms with E-state index in [0.717, 1.165) is 11.3 Å². The Bertz CT molecular complexity index is 509. The molecular weight excluding hydrogens is 236 g/mol. The van der Waals surface area contributed by atoms with E-state index in [4.69, 9.17) is 0 Å². The highest BCUT2D eigenvalue weighted by Crippen LogP contribution is 2.23. The molecule has 0 saturated carbocycles. The number of hydrogen-bond donors (Lipinski definition) is 1. The second-order valence-corrected chi connectivity index (χ2v) is 4.46. The molecule has 88 valence electrons. The number of aromatic nitrogens is 2. The van der Waals surface area contributed by atoms with Gasteiger partial charge >= 0.3 is 6.03 Å². The van der Waals surface area contributed by atoms with Crippen LogP contribution in [0.5, 0.6) is 0 Å². The van der Waals surface area contributed by atoms with E-state index >= 15 is 0 Å². The van der Waals surface area contributed by atoms with Crippen LogP contribution in [0.3, 0.4) is 0 Å². The molecule has 0 aromatic carbocycles. The summed E-state index contributed by atoms with van der Waals surface area (Å²) in [5.74, 6) is 0. The lowest BCUT2D eigenvalue weighted by Gasteiger charge is -2.09. The van der Waals surface area contributed by atoms with Crippen molar-refractivity contribution in [3.63, 3.8) is 0 Å². The van der Waals surface area contributed by atoms with Crippen LogP contribution in [0.2, 0.25) is 0 Å². The molecule has 2 heterocycles. The lowest BCUT2D eigenvalue weighted by atomic mass is 10.2. The number of amides is 2. The smallest absolute Gasteiger partial charge is 0.323 e. The highest BCUT2D eigenvalue weighted by Gasteiger charge is 2.08. The zero-order valence-electron chi connectivity index (χ0n) is 9.54. The third-order valence-electron chi connectivity index (χ3n) is 2.08. The fourth-order valence-corrected chi connectivity index (χ4v) is 1.89. The Morgan fingerprint density at radius 1 is 1.47 bits per heavy atom. The summed E-state index contributed by atoms with van der Waals surface area (Å²) in [5, 5.41) is 5.18. The lowest BCUT2D eigenvalue weighted by Crippen LogP contribution is -2.27. The van der Waals surface area contributed by atoms with Gasteiger partial charge in [-0.3, -0.25) is 10.3 Å². The van der Waals surface area contributed by atoms with Crippen LogP contribution in [0, 0.1) is 0 Å². The van der Waals surface area contributed by atoms with Crippen molar-refractivity contribution in [2.24, 2.45) is 0 Å². The predicted octanol–water partition coefficient (Wildman–Crippen LogP) is 2.30. The molecule has 0 unspecified atom stereocenters. The van der Waals surface area contributed by atoms with Crippen LogP contribution >= 0.6 is 11.3 Å². The Kier molecular flexibility index (Phi) is 3.34. The minimum absolute atomic E-state index is 0.183. The van der Waals surface area contributed by atoms with Crippen molar-refractivity contribution < 1.29 is 4.79 Å². The van der Waals surface area contributed by atoms with Gasteiger partial charge in [0, 0.05) is 37.4 Å². The van der Waals surface area contributed by atoms with Gasteiger partial charge in [-0.25, -0.2) is 9.78 Å². The number of nitrogens with one attached hydrogen (secondary N) is 1. The second-order valence-electron chi connectivity index (χ2n) is 3.60. The van der Waals surface area contributed by atoms with Gasteiger partial charge in [-0.05, 0) is 12.1 Å². The molecule has 0 spiro atoms. The summed E-state index contributed by atoms with van der Waals surface area (Å²) in [6.07, 6.45) is 3.46. The van der Waals surface area contributed by atoms with E-state index in [0.29, 0.717) is 5.13 Å². The fraction of sp³-hybridized carbons (Fsp3) is 0.182. The molecule has 2 aromatic heterocycles. The van der Waals surface area contributed by atoms with Crippen LogP contribution in [-0.4, -0.2) is 35.0 Å². The van der Waals surface area contributed by atoms with E-state index in [2.05, 4.69) is 15.3 Å². The van der Waals surface area contributed by atoms with E-state index < -0.39 is 0 Å². The molecule has 17 heavy (non-hydrogen) atoms. The molecule has 6 heteroatoms. The number of rotatable bonds is 2. The molecule has 0 fully saturated rings. The summed E-state index contributed by atoms with van der Waals surface area (Å²) in [4.78, 5) is 21.2. The van der Waals surface area contributed by atoms with Crippen LogP contribution in [-0.2, 0) is 0 Å². The molecular formula is C11H12N4OS. The molecule has 0 aliphatic rings. The first kappa shape index (κ1) is 11.5. The molecule has 0 aliphatic carbocycles. The maximum Gasteiger partial charge on any atom is 0.323 e. The van der Waals surface area contributed by atoms with Crippen LogP contribution in [0.25, 0.3) is 11.3 Å². The third kappa shape index (κ3) is 2.79. The Hall–Kier alpha value is -1.95. The summed E-state index contributed by atoms with van der Waals surface area (Å²) < 4.78 is 0. The zero-order chi connectivity index (χ0) is 12.3. The standard InChI is InChI=1S/C11H12N4OS/c1-15(2)11(16)14-10-13-9(7-17-10)8-4-3-5-12-6-8/h3-7H,1-2H3,(H,13,14,16). The molecule has 2 rings (SSSR count). The molecule has 2 aromatic rings. The highest BCUT2D eigenvalue weighted by molar-refractivity contribution is 7.14. The van der Waals surface area contributed by atoms with E-state index in [1.54, 1.807) is 26.5 Å². The maximum atomic E-state index is 11.4. The van der Waals surface area contributed by atoms with Crippen molar-refractivity contribution in [1.82, 2.24) is 14.9 Å². The summed E-state index contributed by atoms with van der Waals surface area (Å²) in [7, 11) is 3.37. The van der Waals surface area contributed by atoms with Gasteiger partial charge in [0.1, 0.15) is 0 Å². The average molecular weight is 248 g/mol. The van der Waals surface area contributed by atoms with Crippen LogP contribution < -0.4 is 5.32 Å². The van der Waals surface area contributed by atoms with E-state index in [-0.39, 0.29) is 6.03 Å². The molecule has 0 radical (unpaired) electrons. The number of hydrogen-bond acceptors (Lipinski definition) is 4. The Morgan fingerprint density at radius 2 is 2.29 bits per heavy atom. The third-order valence-corrected chi connectivity index (χ3v) is 2.84. The number of anilines is 1. The minimum Gasteiger partial charge on any atom is -0.331 e. The first-order valence-electron chi connectivity index (χ1n) is 5.01. The van der Waals surface area contributed by atoms with Gasteiger partial charge in [0.25, 0.3) is 0 Å². The number of pyridine rings is 1. The fourth-order valence-electron chi connectivity index (χ4n) is 1.18. The maximum absolute atomic E-state index is 11.4. The van der Waals surface area contributed by atoms with E-state index in [1.165, 1.54) is 16.2 Å². The van der Waals surface area contributed by atoms with Crippen molar-refractivity contribution in [3.8, 4) is 11.3 Å². The van der Waals surface area contributed by atoms with Crippen molar-refractivity contribution >= 4 is 22.5 Å². The van der Waals surface area contributed by atoms with E-state index in [1.807, 2.05) is 17.5 Å². The van der Waals surface area contributed by atoms with Crippen molar-refractivity contribution in [2.75, 3.05) is 19.4 Å². The first-order valence-corrected chi connectivity index (χ1v) is 5.89. The summed E-state index contributed by atoms with van der Waals surface area (Å²) in [6, 6.07) is 3.60. The summed E-state index contributed by atoms with van der Waals surface area (Å²) in [5.41, 5.74) is 1.76.